The summed E-state index contributed by atoms with van der Waals surface area (Å²) >= 11 is 5.94. The van der Waals surface area contributed by atoms with Gasteiger partial charge in [0.2, 0.25) is 0 Å². The molecule has 0 radical (unpaired) electrons. The van der Waals surface area contributed by atoms with Gasteiger partial charge in [-0.15, -0.1) is 0 Å². The summed E-state index contributed by atoms with van der Waals surface area (Å²) in [6.45, 7) is 3.10. The van der Waals surface area contributed by atoms with Gasteiger partial charge in [-0.2, -0.15) is 5.10 Å². The molecule has 4 rings (SSSR count). The Bertz CT molecular complexity index is 795. The number of fused-ring (bicyclic) bond motifs is 1. The number of morpholine rings is 1. The van der Waals surface area contributed by atoms with E-state index >= 15 is 0 Å². The first kappa shape index (κ1) is 13.5. The van der Waals surface area contributed by atoms with E-state index in [0.29, 0.717) is 5.02 Å². The summed E-state index contributed by atoms with van der Waals surface area (Å²) in [5.41, 5.74) is 1.71. The molecule has 0 N–H and O–H groups in total. The fourth-order valence-corrected chi connectivity index (χ4v) is 2.76. The number of ether oxygens (including phenoxy) is 1. The molecule has 7 heteroatoms. The van der Waals surface area contributed by atoms with E-state index in [1.54, 1.807) is 11.0 Å². The predicted molar refractivity (Wildman–Crippen MR) is 84.7 cm³/mol. The third-order valence-corrected chi connectivity index (χ3v) is 3.98. The monoisotopic (exact) mass is 315 g/mol. The van der Waals surface area contributed by atoms with E-state index in [1.165, 1.54) is 0 Å². The van der Waals surface area contributed by atoms with Gasteiger partial charge in [0.05, 0.1) is 30.5 Å². The van der Waals surface area contributed by atoms with E-state index in [9.17, 15) is 0 Å². The second-order valence-corrected chi connectivity index (χ2v) is 5.50. The Morgan fingerprint density at radius 3 is 2.59 bits per heavy atom. The molecule has 3 heterocycles. The van der Waals surface area contributed by atoms with E-state index < -0.39 is 0 Å². The smallest absolute Gasteiger partial charge is 0.168 e. The lowest BCUT2D eigenvalue weighted by molar-refractivity contribution is 0.122. The molecular weight excluding hydrogens is 302 g/mol. The van der Waals surface area contributed by atoms with Gasteiger partial charge in [0.1, 0.15) is 12.1 Å². The average molecular weight is 316 g/mol. The van der Waals surface area contributed by atoms with Crippen LogP contribution >= 0.6 is 11.6 Å². The molecule has 1 aliphatic heterocycles. The minimum absolute atomic E-state index is 0.698. The first-order valence-corrected chi connectivity index (χ1v) is 7.48. The lowest BCUT2D eigenvalue weighted by Crippen LogP contribution is -2.36. The molecule has 0 atom stereocenters. The highest BCUT2D eigenvalue weighted by Gasteiger charge is 2.18. The molecule has 112 valence electrons. The fraction of sp³-hybridized carbons (Fsp3) is 0.267. The van der Waals surface area contributed by atoms with Gasteiger partial charge < -0.3 is 9.64 Å². The van der Waals surface area contributed by atoms with Crippen LogP contribution in [0.3, 0.4) is 0 Å². The number of hydrogen-bond donors (Lipinski definition) is 0. The molecule has 1 aliphatic rings. The highest BCUT2D eigenvalue weighted by Crippen LogP contribution is 2.25. The Balaban J connectivity index is 1.80. The second kappa shape index (κ2) is 5.55. The maximum Gasteiger partial charge on any atom is 0.168 e. The van der Waals surface area contributed by atoms with Gasteiger partial charge in [0.25, 0.3) is 0 Å². The molecule has 3 aromatic rings. The van der Waals surface area contributed by atoms with Crippen LogP contribution in [0, 0.1) is 0 Å². The number of halogens is 1. The van der Waals surface area contributed by atoms with Crippen LogP contribution in [0.1, 0.15) is 0 Å². The molecule has 0 bridgehead atoms. The Kier molecular flexibility index (Phi) is 3.40. The maximum atomic E-state index is 5.94. The molecule has 0 saturated carbocycles. The SMILES string of the molecule is Clc1ccc(-n2ncc3c(N4CCOCC4)ncnc32)cc1. The van der Waals surface area contributed by atoms with Crippen LogP contribution in [0.5, 0.6) is 0 Å². The molecule has 0 unspecified atom stereocenters. The highest BCUT2D eigenvalue weighted by atomic mass is 35.5. The largest absolute Gasteiger partial charge is 0.378 e. The number of anilines is 1. The van der Waals surface area contributed by atoms with Gasteiger partial charge in [-0.3, -0.25) is 0 Å². The van der Waals surface area contributed by atoms with Crippen LogP contribution in [0.25, 0.3) is 16.7 Å². The molecule has 0 aliphatic carbocycles. The molecule has 0 amide bonds. The van der Waals surface area contributed by atoms with Gasteiger partial charge in [-0.1, -0.05) is 11.6 Å². The van der Waals surface area contributed by atoms with E-state index in [-0.39, 0.29) is 0 Å². The van der Waals surface area contributed by atoms with Gasteiger partial charge in [0, 0.05) is 18.1 Å². The molecule has 22 heavy (non-hydrogen) atoms. The average Bonchev–Trinajstić information content (AvgIpc) is 3.00. The summed E-state index contributed by atoms with van der Waals surface area (Å²) in [7, 11) is 0. The topological polar surface area (TPSA) is 56.1 Å². The number of aromatic nitrogens is 4. The van der Waals surface area contributed by atoms with Crippen molar-refractivity contribution in [2.24, 2.45) is 0 Å². The second-order valence-electron chi connectivity index (χ2n) is 5.07. The summed E-state index contributed by atoms with van der Waals surface area (Å²) < 4.78 is 7.20. The predicted octanol–water partition coefficient (Wildman–Crippen LogP) is 2.31. The lowest BCUT2D eigenvalue weighted by atomic mass is 10.3. The van der Waals surface area contributed by atoms with Gasteiger partial charge in [-0.25, -0.2) is 14.6 Å². The molecule has 1 aromatic carbocycles. The quantitative estimate of drug-likeness (QED) is 0.726. The normalized spacial score (nSPS) is 15.4. The van der Waals surface area contributed by atoms with E-state index in [0.717, 1.165) is 48.8 Å². The first-order valence-electron chi connectivity index (χ1n) is 7.10. The van der Waals surface area contributed by atoms with E-state index in [1.807, 2.05) is 30.5 Å². The summed E-state index contributed by atoms with van der Waals surface area (Å²) in [5, 5.41) is 6.11. The van der Waals surface area contributed by atoms with Crippen molar-refractivity contribution in [2.45, 2.75) is 0 Å². The molecule has 0 spiro atoms. The number of rotatable bonds is 2. The third kappa shape index (κ3) is 2.30. The van der Waals surface area contributed by atoms with Crippen LogP contribution < -0.4 is 4.90 Å². The Hall–Kier alpha value is -2.18. The molecule has 1 saturated heterocycles. The van der Waals surface area contributed by atoms with Crippen molar-refractivity contribution < 1.29 is 4.74 Å². The van der Waals surface area contributed by atoms with Crippen molar-refractivity contribution in [3.63, 3.8) is 0 Å². The number of benzene rings is 1. The Morgan fingerprint density at radius 1 is 1.05 bits per heavy atom. The zero-order valence-electron chi connectivity index (χ0n) is 11.8. The minimum atomic E-state index is 0.698. The van der Waals surface area contributed by atoms with Crippen LogP contribution in [-0.2, 0) is 4.74 Å². The van der Waals surface area contributed by atoms with Gasteiger partial charge in [0.15, 0.2) is 5.65 Å². The van der Waals surface area contributed by atoms with Crippen LogP contribution in [0.15, 0.2) is 36.8 Å². The van der Waals surface area contributed by atoms with Crippen molar-refractivity contribution in [1.82, 2.24) is 19.7 Å². The van der Waals surface area contributed by atoms with Crippen LogP contribution in [0.4, 0.5) is 5.82 Å². The Labute approximate surface area is 132 Å². The van der Waals surface area contributed by atoms with Crippen molar-refractivity contribution in [3.05, 3.63) is 41.8 Å². The van der Waals surface area contributed by atoms with Crippen LogP contribution in [0.2, 0.25) is 5.02 Å². The summed E-state index contributed by atoms with van der Waals surface area (Å²) in [6, 6.07) is 7.53. The third-order valence-electron chi connectivity index (χ3n) is 3.73. The standard InChI is InChI=1S/C15H14ClN5O/c16-11-1-3-12(4-2-11)21-15-13(9-19-21)14(17-10-18-15)20-5-7-22-8-6-20/h1-4,9-10H,5-8H2. The zero-order valence-corrected chi connectivity index (χ0v) is 12.6. The molecule has 2 aromatic heterocycles. The lowest BCUT2D eigenvalue weighted by Gasteiger charge is -2.27. The van der Waals surface area contributed by atoms with Crippen molar-refractivity contribution >= 4 is 28.5 Å². The Morgan fingerprint density at radius 2 is 1.82 bits per heavy atom. The van der Waals surface area contributed by atoms with Crippen molar-refractivity contribution in [3.8, 4) is 5.69 Å². The first-order chi connectivity index (χ1) is 10.8. The molecule has 1 fully saturated rings. The van der Waals surface area contributed by atoms with Crippen LogP contribution in [-0.4, -0.2) is 46.1 Å². The number of hydrogen-bond acceptors (Lipinski definition) is 5. The van der Waals surface area contributed by atoms with Crippen molar-refractivity contribution in [2.75, 3.05) is 31.2 Å². The van der Waals surface area contributed by atoms with E-state index in [2.05, 4.69) is 20.0 Å². The molecule has 6 nitrogen and oxygen atoms in total. The summed E-state index contributed by atoms with van der Waals surface area (Å²) in [6.07, 6.45) is 3.40. The molecular formula is C15H14ClN5O. The van der Waals surface area contributed by atoms with Crippen molar-refractivity contribution in [1.29, 1.82) is 0 Å². The number of nitrogens with zero attached hydrogens (tertiary/aromatic N) is 5. The summed E-state index contributed by atoms with van der Waals surface area (Å²) in [4.78, 5) is 11.0. The fourth-order valence-electron chi connectivity index (χ4n) is 2.63. The van der Waals surface area contributed by atoms with Gasteiger partial charge in [-0.05, 0) is 24.3 Å². The van der Waals surface area contributed by atoms with E-state index in [4.69, 9.17) is 16.3 Å². The summed E-state index contributed by atoms with van der Waals surface area (Å²) in [5.74, 6) is 0.911. The minimum Gasteiger partial charge on any atom is -0.378 e. The highest BCUT2D eigenvalue weighted by molar-refractivity contribution is 6.30. The van der Waals surface area contributed by atoms with Gasteiger partial charge >= 0.3 is 0 Å². The zero-order chi connectivity index (χ0) is 14.9. The maximum absolute atomic E-state index is 5.94.